The van der Waals surface area contributed by atoms with E-state index >= 15 is 0 Å². The molecule has 1 aromatic rings. The van der Waals surface area contributed by atoms with E-state index in [0.717, 1.165) is 12.8 Å². The normalized spacial score (nSPS) is 14.8. The zero-order chi connectivity index (χ0) is 12.3. The van der Waals surface area contributed by atoms with Crippen molar-refractivity contribution in [2.24, 2.45) is 5.92 Å². The van der Waals surface area contributed by atoms with Gasteiger partial charge in [-0.1, -0.05) is 6.42 Å². The molecule has 1 aromatic carbocycles. The molecule has 0 bridgehead atoms. The van der Waals surface area contributed by atoms with Crippen LogP contribution in [0.5, 0.6) is 0 Å². The summed E-state index contributed by atoms with van der Waals surface area (Å²) in [5, 5.41) is 11.5. The average molecular weight is 229 g/mol. The molecule has 0 aromatic heterocycles. The molecule has 0 heterocycles. The number of amides is 1. The van der Waals surface area contributed by atoms with E-state index in [2.05, 4.69) is 5.32 Å². The average Bonchev–Trinajstić information content (AvgIpc) is 2.26. The van der Waals surface area contributed by atoms with E-state index in [0.29, 0.717) is 29.3 Å². The maximum Gasteiger partial charge on any atom is 0.224 e. The van der Waals surface area contributed by atoms with Gasteiger partial charge < -0.3 is 11.1 Å². The number of carbonyl (C=O) groups excluding carboxylic acids is 1. The lowest BCUT2D eigenvalue weighted by Crippen LogP contribution is -2.21. The summed E-state index contributed by atoms with van der Waals surface area (Å²) in [5.74, 6) is 0.542. The summed E-state index contributed by atoms with van der Waals surface area (Å²) in [4.78, 5) is 11.7. The first kappa shape index (κ1) is 11.5. The number of nitrogens with zero attached hydrogens (tertiary/aromatic N) is 1. The molecule has 0 radical (unpaired) electrons. The predicted octanol–water partition coefficient (Wildman–Crippen LogP) is 2.27. The standard InChI is InChI=1S/C13H15N3O/c14-8-10-4-5-12(11(15)6-10)16-13(17)7-9-2-1-3-9/h4-6,9H,1-3,7,15H2,(H,16,17). The summed E-state index contributed by atoms with van der Waals surface area (Å²) in [6.45, 7) is 0. The van der Waals surface area contributed by atoms with Gasteiger partial charge in [0.1, 0.15) is 0 Å². The van der Waals surface area contributed by atoms with Crippen LogP contribution in [0.3, 0.4) is 0 Å². The summed E-state index contributed by atoms with van der Waals surface area (Å²) in [7, 11) is 0. The van der Waals surface area contributed by atoms with E-state index in [1.54, 1.807) is 18.2 Å². The monoisotopic (exact) mass is 229 g/mol. The van der Waals surface area contributed by atoms with Crippen molar-refractivity contribution in [2.75, 3.05) is 11.1 Å². The Kier molecular flexibility index (Phi) is 3.29. The third-order valence-electron chi connectivity index (χ3n) is 3.15. The van der Waals surface area contributed by atoms with Gasteiger partial charge in [0.05, 0.1) is 23.0 Å². The molecule has 1 aliphatic carbocycles. The van der Waals surface area contributed by atoms with Gasteiger partial charge in [-0.2, -0.15) is 5.26 Å². The van der Waals surface area contributed by atoms with Crippen molar-refractivity contribution in [1.82, 2.24) is 0 Å². The lowest BCUT2D eigenvalue weighted by atomic mass is 9.83. The van der Waals surface area contributed by atoms with Crippen LogP contribution in [0.1, 0.15) is 31.2 Å². The summed E-state index contributed by atoms with van der Waals surface area (Å²) in [6.07, 6.45) is 4.10. The molecule has 3 N–H and O–H groups in total. The van der Waals surface area contributed by atoms with Crippen LogP contribution < -0.4 is 11.1 Å². The molecule has 2 rings (SSSR count). The minimum atomic E-state index is 0.00566. The number of hydrogen-bond acceptors (Lipinski definition) is 3. The summed E-state index contributed by atoms with van der Waals surface area (Å²) < 4.78 is 0. The van der Waals surface area contributed by atoms with E-state index in [1.807, 2.05) is 6.07 Å². The third kappa shape index (κ3) is 2.76. The van der Waals surface area contributed by atoms with Crippen LogP contribution in [0.2, 0.25) is 0 Å². The Labute approximate surface area is 100 Å². The Morgan fingerprint density at radius 1 is 1.53 bits per heavy atom. The van der Waals surface area contributed by atoms with Crippen LogP contribution in [0.25, 0.3) is 0 Å². The van der Waals surface area contributed by atoms with Gasteiger partial charge in [0, 0.05) is 6.42 Å². The second-order valence-electron chi connectivity index (χ2n) is 4.46. The van der Waals surface area contributed by atoms with Crippen LogP contribution in [0.15, 0.2) is 18.2 Å². The van der Waals surface area contributed by atoms with Gasteiger partial charge in [-0.05, 0) is 37.0 Å². The van der Waals surface area contributed by atoms with Crippen molar-refractivity contribution in [2.45, 2.75) is 25.7 Å². The van der Waals surface area contributed by atoms with Crippen LogP contribution in [-0.4, -0.2) is 5.91 Å². The van der Waals surface area contributed by atoms with Gasteiger partial charge in [-0.15, -0.1) is 0 Å². The van der Waals surface area contributed by atoms with Crippen molar-refractivity contribution in [1.29, 1.82) is 5.26 Å². The maximum absolute atomic E-state index is 11.7. The Bertz CT molecular complexity index is 472. The summed E-state index contributed by atoms with van der Waals surface area (Å²) in [5.41, 5.74) is 7.28. The molecular formula is C13H15N3O. The fourth-order valence-corrected chi connectivity index (χ4v) is 1.91. The molecular weight excluding hydrogens is 214 g/mol. The molecule has 88 valence electrons. The first-order valence-corrected chi connectivity index (χ1v) is 5.78. The second-order valence-corrected chi connectivity index (χ2v) is 4.46. The number of nitrogens with two attached hydrogens (primary N) is 1. The second kappa shape index (κ2) is 4.88. The van der Waals surface area contributed by atoms with Crippen LogP contribution in [-0.2, 0) is 4.79 Å². The number of nitrogen functional groups attached to an aromatic ring is 1. The van der Waals surface area contributed by atoms with Crippen molar-refractivity contribution < 1.29 is 4.79 Å². The first-order valence-electron chi connectivity index (χ1n) is 5.78. The maximum atomic E-state index is 11.7. The number of carbonyl (C=O) groups is 1. The fourth-order valence-electron chi connectivity index (χ4n) is 1.91. The van der Waals surface area contributed by atoms with Crippen LogP contribution in [0.4, 0.5) is 11.4 Å². The van der Waals surface area contributed by atoms with Crippen molar-refractivity contribution in [3.8, 4) is 6.07 Å². The molecule has 1 fully saturated rings. The van der Waals surface area contributed by atoms with Gasteiger partial charge in [-0.25, -0.2) is 0 Å². The summed E-state index contributed by atoms with van der Waals surface area (Å²) >= 11 is 0. The van der Waals surface area contributed by atoms with Gasteiger partial charge >= 0.3 is 0 Å². The molecule has 0 saturated heterocycles. The molecule has 1 amide bonds. The lowest BCUT2D eigenvalue weighted by molar-refractivity contribution is -0.117. The molecule has 0 unspecified atom stereocenters. The minimum Gasteiger partial charge on any atom is -0.397 e. The number of nitriles is 1. The van der Waals surface area contributed by atoms with Crippen LogP contribution in [0, 0.1) is 17.2 Å². The van der Waals surface area contributed by atoms with E-state index in [1.165, 1.54) is 6.42 Å². The third-order valence-corrected chi connectivity index (χ3v) is 3.15. The quantitative estimate of drug-likeness (QED) is 0.780. The molecule has 1 aliphatic rings. The van der Waals surface area contributed by atoms with Crippen molar-refractivity contribution in [3.05, 3.63) is 23.8 Å². The molecule has 4 heteroatoms. The van der Waals surface area contributed by atoms with E-state index in [4.69, 9.17) is 11.0 Å². The number of benzene rings is 1. The van der Waals surface area contributed by atoms with E-state index in [9.17, 15) is 4.79 Å². The minimum absolute atomic E-state index is 0.00566. The van der Waals surface area contributed by atoms with E-state index < -0.39 is 0 Å². The first-order chi connectivity index (χ1) is 8.19. The zero-order valence-corrected chi connectivity index (χ0v) is 9.57. The van der Waals surface area contributed by atoms with Crippen LogP contribution >= 0.6 is 0 Å². The molecule has 1 saturated carbocycles. The SMILES string of the molecule is N#Cc1ccc(NC(=O)CC2CCC2)c(N)c1. The van der Waals surface area contributed by atoms with Gasteiger partial charge in [0.15, 0.2) is 0 Å². The number of hydrogen-bond donors (Lipinski definition) is 2. The highest BCUT2D eigenvalue weighted by Crippen LogP contribution is 2.30. The van der Waals surface area contributed by atoms with Crippen molar-refractivity contribution >= 4 is 17.3 Å². The number of rotatable bonds is 3. The highest BCUT2D eigenvalue weighted by molar-refractivity contribution is 5.94. The highest BCUT2D eigenvalue weighted by Gasteiger charge is 2.20. The van der Waals surface area contributed by atoms with Crippen molar-refractivity contribution in [3.63, 3.8) is 0 Å². The molecule has 0 spiro atoms. The van der Waals surface area contributed by atoms with Gasteiger partial charge in [0.2, 0.25) is 5.91 Å². The fraction of sp³-hybridized carbons (Fsp3) is 0.385. The molecule has 17 heavy (non-hydrogen) atoms. The Morgan fingerprint density at radius 2 is 2.29 bits per heavy atom. The largest absolute Gasteiger partial charge is 0.397 e. The smallest absolute Gasteiger partial charge is 0.224 e. The lowest BCUT2D eigenvalue weighted by Gasteiger charge is -2.24. The Hall–Kier alpha value is -2.02. The Balaban J connectivity index is 1.98. The van der Waals surface area contributed by atoms with Gasteiger partial charge in [0.25, 0.3) is 0 Å². The number of anilines is 2. The topological polar surface area (TPSA) is 78.9 Å². The van der Waals surface area contributed by atoms with Gasteiger partial charge in [-0.3, -0.25) is 4.79 Å². The summed E-state index contributed by atoms with van der Waals surface area (Å²) in [6, 6.07) is 6.90. The molecule has 4 nitrogen and oxygen atoms in total. The zero-order valence-electron chi connectivity index (χ0n) is 9.57. The van der Waals surface area contributed by atoms with E-state index in [-0.39, 0.29) is 5.91 Å². The highest BCUT2D eigenvalue weighted by atomic mass is 16.1. The molecule has 0 atom stereocenters. The molecule has 0 aliphatic heterocycles. The predicted molar refractivity (Wildman–Crippen MR) is 66.2 cm³/mol. The Morgan fingerprint density at radius 3 is 2.82 bits per heavy atom. The number of nitrogens with one attached hydrogen (secondary N) is 1.